The lowest BCUT2D eigenvalue weighted by atomic mass is 10.1. The summed E-state index contributed by atoms with van der Waals surface area (Å²) in [6.07, 6.45) is 7.05. The van der Waals surface area contributed by atoms with Crippen LogP contribution in [0, 0.1) is 0 Å². The van der Waals surface area contributed by atoms with Gasteiger partial charge in [-0.15, -0.1) is 5.10 Å². The van der Waals surface area contributed by atoms with Gasteiger partial charge < -0.3 is 10.6 Å². The molecule has 0 aromatic carbocycles. The van der Waals surface area contributed by atoms with Gasteiger partial charge in [-0.05, 0) is 36.2 Å². The summed E-state index contributed by atoms with van der Waals surface area (Å²) in [5.41, 5.74) is 0.661. The lowest BCUT2D eigenvalue weighted by Crippen LogP contribution is -2.24. The molecule has 3 heterocycles. The molecule has 0 unspecified atom stereocenters. The molecule has 0 aliphatic carbocycles. The Balaban J connectivity index is 1.62. The summed E-state index contributed by atoms with van der Waals surface area (Å²) < 4.78 is 1.66. The normalized spacial score (nSPS) is 19.9. The van der Waals surface area contributed by atoms with E-state index in [4.69, 9.17) is 0 Å². The predicted molar refractivity (Wildman–Crippen MR) is 62.7 cm³/mol. The summed E-state index contributed by atoms with van der Waals surface area (Å²) in [7, 11) is 0. The molecule has 2 aromatic heterocycles. The Morgan fingerprint density at radius 2 is 2.47 bits per heavy atom. The molecule has 2 N–H and O–H groups in total. The van der Waals surface area contributed by atoms with Crippen LogP contribution < -0.4 is 10.6 Å². The minimum atomic E-state index is 0.642. The van der Waals surface area contributed by atoms with Crippen LogP contribution >= 0.6 is 0 Å². The van der Waals surface area contributed by atoms with Crippen LogP contribution in [0.4, 0.5) is 5.82 Å². The van der Waals surface area contributed by atoms with Crippen LogP contribution in [-0.4, -0.2) is 44.2 Å². The predicted octanol–water partition coefficient (Wildman–Crippen LogP) is 0.0733. The molecule has 1 aliphatic heterocycles. The third-order valence-electron chi connectivity index (χ3n) is 3.07. The highest BCUT2D eigenvalue weighted by Crippen LogP contribution is 2.10. The molecule has 7 heteroatoms. The van der Waals surface area contributed by atoms with Crippen LogP contribution in [0.1, 0.15) is 19.3 Å². The smallest absolute Gasteiger partial charge is 0.199 e. The van der Waals surface area contributed by atoms with Gasteiger partial charge >= 0.3 is 0 Å². The van der Waals surface area contributed by atoms with Crippen LogP contribution in [0.5, 0.6) is 0 Å². The number of aromatic nitrogens is 5. The van der Waals surface area contributed by atoms with E-state index in [9.17, 15) is 0 Å². The second kappa shape index (κ2) is 4.62. The number of fused-ring (bicyclic) bond motifs is 1. The minimum absolute atomic E-state index is 0.642. The number of rotatable bonds is 4. The van der Waals surface area contributed by atoms with Crippen LogP contribution in [0.3, 0.4) is 0 Å². The fourth-order valence-corrected chi connectivity index (χ4v) is 2.17. The first-order valence-electron chi connectivity index (χ1n) is 5.93. The van der Waals surface area contributed by atoms with E-state index in [2.05, 4.69) is 31.1 Å². The molecule has 0 amide bonds. The van der Waals surface area contributed by atoms with Crippen molar-refractivity contribution < 1.29 is 0 Å². The molecular weight excluding hydrogens is 218 g/mol. The van der Waals surface area contributed by atoms with Gasteiger partial charge in [-0.25, -0.2) is 0 Å². The van der Waals surface area contributed by atoms with Gasteiger partial charge in [0.05, 0.1) is 12.4 Å². The van der Waals surface area contributed by atoms with Crippen molar-refractivity contribution >= 4 is 11.5 Å². The highest BCUT2D eigenvalue weighted by Gasteiger charge is 2.13. The summed E-state index contributed by atoms with van der Waals surface area (Å²) in [4.78, 5) is 4.09. The van der Waals surface area contributed by atoms with Gasteiger partial charge in [0.1, 0.15) is 5.82 Å². The van der Waals surface area contributed by atoms with Crippen molar-refractivity contribution in [1.29, 1.82) is 0 Å². The van der Waals surface area contributed by atoms with Gasteiger partial charge in [0.2, 0.25) is 0 Å². The number of nitrogens with zero attached hydrogens (tertiary/aromatic N) is 5. The van der Waals surface area contributed by atoms with Crippen LogP contribution in [-0.2, 0) is 0 Å². The van der Waals surface area contributed by atoms with Crippen molar-refractivity contribution in [3.05, 3.63) is 12.4 Å². The molecule has 0 radical (unpaired) electrons. The molecule has 2 aromatic rings. The van der Waals surface area contributed by atoms with Gasteiger partial charge in [-0.1, -0.05) is 0 Å². The van der Waals surface area contributed by atoms with Gasteiger partial charge in [0, 0.05) is 12.6 Å². The Hall–Kier alpha value is -1.76. The van der Waals surface area contributed by atoms with Crippen molar-refractivity contribution in [3.63, 3.8) is 0 Å². The topological polar surface area (TPSA) is 80.0 Å². The van der Waals surface area contributed by atoms with Crippen molar-refractivity contribution in [1.82, 2.24) is 30.3 Å². The number of hydrogen-bond acceptors (Lipinski definition) is 6. The van der Waals surface area contributed by atoms with E-state index in [0.29, 0.717) is 11.7 Å². The lowest BCUT2D eigenvalue weighted by molar-refractivity contribution is 0.573. The molecule has 1 fully saturated rings. The van der Waals surface area contributed by atoms with Crippen LogP contribution in [0.2, 0.25) is 0 Å². The van der Waals surface area contributed by atoms with Crippen LogP contribution in [0.15, 0.2) is 12.4 Å². The quantitative estimate of drug-likeness (QED) is 0.778. The van der Waals surface area contributed by atoms with Crippen molar-refractivity contribution in [2.45, 2.75) is 25.3 Å². The molecule has 90 valence electrons. The van der Waals surface area contributed by atoms with E-state index in [0.717, 1.165) is 25.3 Å². The first-order valence-corrected chi connectivity index (χ1v) is 5.93. The zero-order valence-electron chi connectivity index (χ0n) is 9.50. The average molecular weight is 233 g/mol. The maximum Gasteiger partial charge on any atom is 0.199 e. The first-order chi connectivity index (χ1) is 8.43. The second-order valence-electron chi connectivity index (χ2n) is 4.25. The lowest BCUT2D eigenvalue weighted by Gasteiger charge is -2.11. The van der Waals surface area contributed by atoms with Gasteiger partial charge in [0.15, 0.2) is 5.65 Å². The molecular formula is C10H15N7. The van der Waals surface area contributed by atoms with E-state index in [-0.39, 0.29) is 0 Å². The Morgan fingerprint density at radius 1 is 1.47 bits per heavy atom. The zero-order chi connectivity index (χ0) is 11.5. The summed E-state index contributed by atoms with van der Waals surface area (Å²) in [5.74, 6) is 0.838. The molecule has 1 saturated heterocycles. The number of anilines is 1. The van der Waals surface area contributed by atoms with E-state index in [1.165, 1.54) is 12.8 Å². The standard InChI is InChI=1S/C10H15N7/c1-2-8(12-4-1)3-5-13-9-6-11-7-10-14-15-16-17(9)10/h6-8,12-13H,1-5H2/t8-/m0/s1. The first kappa shape index (κ1) is 10.4. The summed E-state index contributed by atoms with van der Waals surface area (Å²) >= 11 is 0. The SMILES string of the molecule is c1ncc2nnnn2c1NCC[C@@H]1CCCN1. The Kier molecular flexibility index (Phi) is 2.83. The summed E-state index contributed by atoms with van der Waals surface area (Å²) in [6, 6.07) is 0.642. The molecule has 0 spiro atoms. The fourth-order valence-electron chi connectivity index (χ4n) is 2.17. The number of tetrazole rings is 1. The van der Waals surface area contributed by atoms with E-state index in [1.54, 1.807) is 16.9 Å². The highest BCUT2D eigenvalue weighted by atomic mass is 15.5. The van der Waals surface area contributed by atoms with Crippen molar-refractivity contribution in [2.75, 3.05) is 18.4 Å². The Morgan fingerprint density at radius 3 is 3.35 bits per heavy atom. The third kappa shape index (κ3) is 2.19. The second-order valence-corrected chi connectivity index (χ2v) is 4.25. The minimum Gasteiger partial charge on any atom is -0.369 e. The summed E-state index contributed by atoms with van der Waals surface area (Å²) in [6.45, 7) is 2.05. The maximum absolute atomic E-state index is 4.09. The number of hydrogen-bond donors (Lipinski definition) is 2. The monoisotopic (exact) mass is 233 g/mol. The highest BCUT2D eigenvalue weighted by molar-refractivity contribution is 5.43. The van der Waals surface area contributed by atoms with Crippen molar-refractivity contribution in [3.8, 4) is 0 Å². The largest absolute Gasteiger partial charge is 0.369 e. The Bertz CT molecular complexity index is 488. The number of nitrogens with one attached hydrogen (secondary N) is 2. The zero-order valence-corrected chi connectivity index (χ0v) is 9.50. The van der Waals surface area contributed by atoms with Crippen LogP contribution in [0.25, 0.3) is 5.65 Å². The molecule has 3 rings (SSSR count). The van der Waals surface area contributed by atoms with E-state index >= 15 is 0 Å². The van der Waals surface area contributed by atoms with Crippen molar-refractivity contribution in [2.24, 2.45) is 0 Å². The fraction of sp³-hybridized carbons (Fsp3) is 0.600. The van der Waals surface area contributed by atoms with Gasteiger partial charge in [-0.2, -0.15) is 4.52 Å². The average Bonchev–Trinajstić information content (AvgIpc) is 2.99. The summed E-state index contributed by atoms with van der Waals surface area (Å²) in [5, 5.41) is 18.2. The van der Waals surface area contributed by atoms with Gasteiger partial charge in [-0.3, -0.25) is 4.98 Å². The molecule has 1 atom stereocenters. The van der Waals surface area contributed by atoms with E-state index < -0.39 is 0 Å². The Labute approximate surface area is 98.6 Å². The molecule has 7 nitrogen and oxygen atoms in total. The molecule has 1 aliphatic rings. The maximum atomic E-state index is 4.09. The van der Waals surface area contributed by atoms with E-state index in [1.807, 2.05) is 0 Å². The third-order valence-corrected chi connectivity index (χ3v) is 3.07. The molecule has 0 bridgehead atoms. The molecule has 0 saturated carbocycles. The van der Waals surface area contributed by atoms with Gasteiger partial charge in [0.25, 0.3) is 0 Å². The molecule has 17 heavy (non-hydrogen) atoms.